The number of aryl methyl sites for hydroxylation is 1. The van der Waals surface area contributed by atoms with Crippen LogP contribution in [-0.4, -0.2) is 13.0 Å². The number of carbonyl (C=O) groups is 1. The molecular formula is C23H23NO2. The molecular weight excluding hydrogens is 322 g/mol. The lowest BCUT2D eigenvalue weighted by molar-refractivity contribution is -0.116. The Morgan fingerprint density at radius 1 is 0.846 bits per heavy atom. The summed E-state index contributed by atoms with van der Waals surface area (Å²) >= 11 is 0. The summed E-state index contributed by atoms with van der Waals surface area (Å²) < 4.78 is 5.16. The fourth-order valence-electron chi connectivity index (χ4n) is 2.87. The average molecular weight is 345 g/mol. The summed E-state index contributed by atoms with van der Waals surface area (Å²) in [7, 11) is 1.65. The van der Waals surface area contributed by atoms with Crippen molar-refractivity contribution in [2.45, 2.75) is 19.3 Å². The smallest absolute Gasteiger partial charge is 0.224 e. The Hall–Kier alpha value is -3.07. The van der Waals surface area contributed by atoms with Crippen LogP contribution in [0.1, 0.15) is 23.1 Å². The number of rotatable bonds is 7. The van der Waals surface area contributed by atoms with E-state index in [2.05, 4.69) is 23.5 Å². The van der Waals surface area contributed by atoms with E-state index in [9.17, 15) is 4.79 Å². The summed E-state index contributed by atoms with van der Waals surface area (Å²) in [6, 6.07) is 26.1. The number of hydrogen-bond donors (Lipinski definition) is 1. The van der Waals surface area contributed by atoms with Gasteiger partial charge in [0.15, 0.2) is 0 Å². The van der Waals surface area contributed by atoms with E-state index < -0.39 is 0 Å². The number of benzene rings is 3. The number of methoxy groups -OCH3 is 1. The monoisotopic (exact) mass is 345 g/mol. The highest BCUT2D eigenvalue weighted by Crippen LogP contribution is 2.20. The molecule has 0 bridgehead atoms. The Labute approximate surface area is 154 Å². The Balaban J connectivity index is 1.60. The molecule has 0 aliphatic carbocycles. The molecule has 3 nitrogen and oxygen atoms in total. The zero-order chi connectivity index (χ0) is 18.2. The molecule has 3 heteroatoms. The molecule has 3 rings (SSSR count). The van der Waals surface area contributed by atoms with E-state index >= 15 is 0 Å². The van der Waals surface area contributed by atoms with Crippen molar-refractivity contribution >= 4 is 11.6 Å². The summed E-state index contributed by atoms with van der Waals surface area (Å²) in [5, 5.41) is 3.06. The average Bonchev–Trinajstić information content (AvgIpc) is 2.69. The van der Waals surface area contributed by atoms with Crippen molar-refractivity contribution in [1.82, 2.24) is 0 Å². The summed E-state index contributed by atoms with van der Waals surface area (Å²) in [5.41, 5.74) is 4.36. The molecule has 0 radical (unpaired) electrons. The van der Waals surface area contributed by atoms with Crippen LogP contribution in [0.15, 0.2) is 78.9 Å². The highest BCUT2D eigenvalue weighted by atomic mass is 16.5. The number of para-hydroxylation sites is 1. The maximum absolute atomic E-state index is 12.4. The molecule has 3 aromatic rings. The van der Waals surface area contributed by atoms with Crippen LogP contribution < -0.4 is 10.1 Å². The molecule has 3 aromatic carbocycles. The minimum absolute atomic E-state index is 0.0290. The van der Waals surface area contributed by atoms with Crippen LogP contribution in [0, 0.1) is 0 Å². The third kappa shape index (κ3) is 4.96. The topological polar surface area (TPSA) is 38.3 Å². The number of ether oxygens (including phenoxy) is 1. The van der Waals surface area contributed by atoms with Crippen LogP contribution in [0.4, 0.5) is 5.69 Å². The standard InChI is InChI=1S/C23H23NO2/c1-26-21-14-11-18(12-15-21)13-16-23(25)24-22-10-6-5-9-20(22)17-19-7-3-2-4-8-19/h2-12,14-15H,13,16-17H2,1H3,(H,24,25). The Morgan fingerprint density at radius 3 is 2.27 bits per heavy atom. The van der Waals surface area contributed by atoms with Gasteiger partial charge in [-0.1, -0.05) is 60.7 Å². The summed E-state index contributed by atoms with van der Waals surface area (Å²) in [6.07, 6.45) is 1.96. The molecule has 0 atom stereocenters. The number of carbonyl (C=O) groups excluding carboxylic acids is 1. The number of nitrogens with one attached hydrogen (secondary N) is 1. The molecule has 1 N–H and O–H groups in total. The van der Waals surface area contributed by atoms with Crippen molar-refractivity contribution in [2.24, 2.45) is 0 Å². The van der Waals surface area contributed by atoms with Crippen LogP contribution in [0.25, 0.3) is 0 Å². The molecule has 0 saturated heterocycles. The maximum Gasteiger partial charge on any atom is 0.224 e. The zero-order valence-corrected chi connectivity index (χ0v) is 14.9. The summed E-state index contributed by atoms with van der Waals surface area (Å²) in [4.78, 5) is 12.4. The first-order valence-electron chi connectivity index (χ1n) is 8.79. The molecule has 0 fully saturated rings. The Morgan fingerprint density at radius 2 is 1.54 bits per heavy atom. The Kier molecular flexibility index (Phi) is 6.05. The molecule has 0 saturated carbocycles. The first-order chi connectivity index (χ1) is 12.7. The van der Waals surface area contributed by atoms with Gasteiger partial charge < -0.3 is 10.1 Å². The molecule has 0 heterocycles. The van der Waals surface area contributed by atoms with Crippen molar-refractivity contribution in [3.05, 3.63) is 95.6 Å². The van der Waals surface area contributed by atoms with Crippen molar-refractivity contribution in [2.75, 3.05) is 12.4 Å². The van der Waals surface area contributed by atoms with Gasteiger partial charge in [0, 0.05) is 12.1 Å². The van der Waals surface area contributed by atoms with Gasteiger partial charge in [0.1, 0.15) is 5.75 Å². The van der Waals surface area contributed by atoms with E-state index in [1.807, 2.05) is 60.7 Å². The highest BCUT2D eigenvalue weighted by molar-refractivity contribution is 5.91. The highest BCUT2D eigenvalue weighted by Gasteiger charge is 2.08. The third-order valence-electron chi connectivity index (χ3n) is 4.33. The van der Waals surface area contributed by atoms with Gasteiger partial charge in [-0.15, -0.1) is 0 Å². The number of amides is 1. The van der Waals surface area contributed by atoms with Crippen LogP contribution in [0.5, 0.6) is 5.75 Å². The van der Waals surface area contributed by atoms with Gasteiger partial charge >= 0.3 is 0 Å². The maximum atomic E-state index is 12.4. The van der Waals surface area contributed by atoms with E-state index in [-0.39, 0.29) is 5.91 Å². The van der Waals surface area contributed by atoms with Gasteiger partial charge in [0.05, 0.1) is 7.11 Å². The second-order valence-corrected chi connectivity index (χ2v) is 6.22. The second-order valence-electron chi connectivity index (χ2n) is 6.22. The van der Waals surface area contributed by atoms with E-state index in [0.29, 0.717) is 12.8 Å². The quantitative estimate of drug-likeness (QED) is 0.664. The fourth-order valence-corrected chi connectivity index (χ4v) is 2.87. The van der Waals surface area contributed by atoms with E-state index in [1.165, 1.54) is 5.56 Å². The van der Waals surface area contributed by atoms with Crippen LogP contribution >= 0.6 is 0 Å². The van der Waals surface area contributed by atoms with Crippen LogP contribution in [0.2, 0.25) is 0 Å². The van der Waals surface area contributed by atoms with Crippen molar-refractivity contribution < 1.29 is 9.53 Å². The van der Waals surface area contributed by atoms with Crippen molar-refractivity contribution in [1.29, 1.82) is 0 Å². The van der Waals surface area contributed by atoms with E-state index in [0.717, 1.165) is 29.0 Å². The SMILES string of the molecule is COc1ccc(CCC(=O)Nc2ccccc2Cc2ccccc2)cc1. The molecule has 26 heavy (non-hydrogen) atoms. The molecule has 1 amide bonds. The predicted molar refractivity (Wildman–Crippen MR) is 106 cm³/mol. The van der Waals surface area contributed by atoms with Gasteiger partial charge in [-0.2, -0.15) is 0 Å². The normalized spacial score (nSPS) is 10.3. The molecule has 0 aromatic heterocycles. The predicted octanol–water partition coefficient (Wildman–Crippen LogP) is 4.86. The van der Waals surface area contributed by atoms with Gasteiger partial charge in [0.25, 0.3) is 0 Å². The lowest BCUT2D eigenvalue weighted by Crippen LogP contribution is -2.13. The fraction of sp³-hybridized carbons (Fsp3) is 0.174. The first-order valence-corrected chi connectivity index (χ1v) is 8.79. The second kappa shape index (κ2) is 8.86. The van der Waals surface area contributed by atoms with E-state index in [1.54, 1.807) is 7.11 Å². The van der Waals surface area contributed by atoms with Gasteiger partial charge in [-0.3, -0.25) is 4.79 Å². The number of anilines is 1. The molecule has 0 spiro atoms. The van der Waals surface area contributed by atoms with Crippen molar-refractivity contribution in [3.8, 4) is 5.75 Å². The van der Waals surface area contributed by atoms with Gasteiger partial charge in [-0.25, -0.2) is 0 Å². The lowest BCUT2D eigenvalue weighted by Gasteiger charge is -2.11. The van der Waals surface area contributed by atoms with Crippen LogP contribution in [0.3, 0.4) is 0 Å². The minimum atomic E-state index is 0.0290. The lowest BCUT2D eigenvalue weighted by atomic mass is 10.0. The summed E-state index contributed by atoms with van der Waals surface area (Å²) in [5.74, 6) is 0.856. The zero-order valence-electron chi connectivity index (χ0n) is 14.9. The van der Waals surface area contributed by atoms with Crippen molar-refractivity contribution in [3.63, 3.8) is 0 Å². The van der Waals surface area contributed by atoms with Gasteiger partial charge in [0.2, 0.25) is 5.91 Å². The Bertz CT molecular complexity index is 842. The summed E-state index contributed by atoms with van der Waals surface area (Å²) in [6.45, 7) is 0. The third-order valence-corrected chi connectivity index (χ3v) is 4.33. The van der Waals surface area contributed by atoms with Crippen LogP contribution in [-0.2, 0) is 17.6 Å². The largest absolute Gasteiger partial charge is 0.497 e. The molecule has 0 aliphatic heterocycles. The molecule has 0 unspecified atom stereocenters. The molecule has 0 aliphatic rings. The first kappa shape index (κ1) is 17.7. The molecule has 132 valence electrons. The minimum Gasteiger partial charge on any atom is -0.497 e. The number of hydrogen-bond acceptors (Lipinski definition) is 2. The van der Waals surface area contributed by atoms with E-state index in [4.69, 9.17) is 4.74 Å². The van der Waals surface area contributed by atoms with Gasteiger partial charge in [-0.05, 0) is 47.7 Å².